The van der Waals surface area contributed by atoms with Crippen LogP contribution in [0.1, 0.15) is 11.1 Å². The van der Waals surface area contributed by atoms with Crippen LogP contribution in [0.4, 0.5) is 4.79 Å². The van der Waals surface area contributed by atoms with Crippen LogP contribution >= 0.6 is 0 Å². The Kier molecular flexibility index (Phi) is 3.75. The number of nitrogens with zero attached hydrogens (tertiary/aromatic N) is 2. The van der Waals surface area contributed by atoms with Crippen molar-refractivity contribution in [2.24, 2.45) is 4.99 Å². The SMILES string of the molecule is O=C1N=C(c2ccccc2)C(O)(c2ccccc2)N1CCO. The number of carbonyl (C=O) groups is 1. The Morgan fingerprint density at radius 2 is 1.59 bits per heavy atom. The molecule has 0 bridgehead atoms. The first kappa shape index (κ1) is 14.4. The zero-order valence-corrected chi connectivity index (χ0v) is 11.9. The smallest absolute Gasteiger partial charge is 0.346 e. The molecule has 1 unspecified atom stereocenters. The maximum atomic E-state index is 12.2. The third-order valence-electron chi connectivity index (χ3n) is 3.71. The van der Waals surface area contributed by atoms with Crippen LogP contribution in [0.25, 0.3) is 0 Å². The Balaban J connectivity index is 2.16. The molecule has 5 nitrogen and oxygen atoms in total. The fourth-order valence-corrected chi connectivity index (χ4v) is 2.68. The van der Waals surface area contributed by atoms with Crippen LogP contribution in [0.5, 0.6) is 0 Å². The van der Waals surface area contributed by atoms with Crippen LogP contribution in [0.2, 0.25) is 0 Å². The van der Waals surface area contributed by atoms with Gasteiger partial charge in [0.15, 0.2) is 0 Å². The van der Waals surface area contributed by atoms with Gasteiger partial charge in [-0.05, 0) is 0 Å². The maximum absolute atomic E-state index is 12.2. The summed E-state index contributed by atoms with van der Waals surface area (Å²) in [6.45, 7) is -0.247. The van der Waals surface area contributed by atoms with E-state index in [9.17, 15) is 15.0 Å². The normalized spacial score (nSPS) is 21.1. The lowest BCUT2D eigenvalue weighted by Gasteiger charge is -2.34. The molecule has 2 aromatic carbocycles. The molecular formula is C17H16N2O3. The van der Waals surface area contributed by atoms with Crippen LogP contribution < -0.4 is 0 Å². The zero-order valence-electron chi connectivity index (χ0n) is 11.9. The van der Waals surface area contributed by atoms with Crippen molar-refractivity contribution in [2.45, 2.75) is 5.72 Å². The van der Waals surface area contributed by atoms with E-state index in [2.05, 4.69) is 4.99 Å². The predicted octanol–water partition coefficient (Wildman–Crippen LogP) is 1.75. The first-order valence-corrected chi connectivity index (χ1v) is 7.03. The van der Waals surface area contributed by atoms with E-state index in [0.717, 1.165) is 0 Å². The highest BCUT2D eigenvalue weighted by molar-refractivity contribution is 6.15. The quantitative estimate of drug-likeness (QED) is 0.902. The highest BCUT2D eigenvalue weighted by Crippen LogP contribution is 2.35. The van der Waals surface area contributed by atoms with Crippen molar-refractivity contribution in [1.82, 2.24) is 4.90 Å². The average Bonchev–Trinajstić information content (AvgIpc) is 2.83. The van der Waals surface area contributed by atoms with Gasteiger partial charge in [0.1, 0.15) is 5.71 Å². The number of rotatable bonds is 4. The predicted molar refractivity (Wildman–Crippen MR) is 82.5 cm³/mol. The molecule has 2 amide bonds. The van der Waals surface area contributed by atoms with Crippen LogP contribution in [0.3, 0.4) is 0 Å². The van der Waals surface area contributed by atoms with Gasteiger partial charge in [-0.2, -0.15) is 4.99 Å². The van der Waals surface area contributed by atoms with E-state index >= 15 is 0 Å². The van der Waals surface area contributed by atoms with Gasteiger partial charge in [-0.3, -0.25) is 4.90 Å². The van der Waals surface area contributed by atoms with Gasteiger partial charge in [-0.1, -0.05) is 60.7 Å². The van der Waals surface area contributed by atoms with Gasteiger partial charge in [0, 0.05) is 17.7 Å². The largest absolute Gasteiger partial charge is 0.395 e. The lowest BCUT2D eigenvalue weighted by molar-refractivity contribution is -0.0220. The molecule has 1 aliphatic heterocycles. The molecule has 0 spiro atoms. The topological polar surface area (TPSA) is 73.1 Å². The molecule has 1 heterocycles. The molecule has 2 aromatic rings. The number of hydrogen-bond donors (Lipinski definition) is 2. The van der Waals surface area contributed by atoms with Gasteiger partial charge in [0.2, 0.25) is 5.72 Å². The number of urea groups is 1. The third kappa shape index (κ3) is 2.20. The minimum Gasteiger partial charge on any atom is -0.395 e. The number of amides is 2. The number of β-amino-alcohol motifs (C(OH)–C–C–N with tert-alkyl or cyclic N) is 1. The molecule has 22 heavy (non-hydrogen) atoms. The molecule has 3 rings (SSSR count). The highest BCUT2D eigenvalue weighted by atomic mass is 16.3. The first-order chi connectivity index (χ1) is 10.7. The zero-order chi connectivity index (χ0) is 15.6. The summed E-state index contributed by atoms with van der Waals surface area (Å²) in [5.74, 6) is 0. The second-order valence-corrected chi connectivity index (χ2v) is 5.02. The highest BCUT2D eigenvalue weighted by Gasteiger charge is 2.49. The van der Waals surface area contributed by atoms with Crippen molar-refractivity contribution in [1.29, 1.82) is 0 Å². The third-order valence-corrected chi connectivity index (χ3v) is 3.71. The summed E-state index contributed by atoms with van der Waals surface area (Å²) < 4.78 is 0. The lowest BCUT2D eigenvalue weighted by atomic mass is 9.92. The maximum Gasteiger partial charge on any atom is 0.346 e. The van der Waals surface area contributed by atoms with Crippen molar-refractivity contribution in [3.8, 4) is 0 Å². The Morgan fingerprint density at radius 3 is 2.18 bits per heavy atom. The molecule has 0 radical (unpaired) electrons. The molecule has 0 fully saturated rings. The van der Waals surface area contributed by atoms with Crippen molar-refractivity contribution in [3.63, 3.8) is 0 Å². The van der Waals surface area contributed by atoms with Gasteiger partial charge in [0.25, 0.3) is 0 Å². The summed E-state index contributed by atoms with van der Waals surface area (Å²) in [5.41, 5.74) is -0.195. The summed E-state index contributed by atoms with van der Waals surface area (Å²) in [5, 5.41) is 20.5. The number of aliphatic hydroxyl groups excluding tert-OH is 1. The summed E-state index contributed by atoms with van der Waals surface area (Å²) in [7, 11) is 0. The molecular weight excluding hydrogens is 280 g/mol. The molecule has 112 valence electrons. The van der Waals surface area contributed by atoms with Crippen molar-refractivity contribution in [2.75, 3.05) is 13.2 Å². The minimum atomic E-state index is -1.68. The fourth-order valence-electron chi connectivity index (χ4n) is 2.68. The van der Waals surface area contributed by atoms with Gasteiger partial charge < -0.3 is 10.2 Å². The van der Waals surface area contributed by atoms with Gasteiger partial charge in [-0.15, -0.1) is 0 Å². The van der Waals surface area contributed by atoms with E-state index in [-0.39, 0.29) is 18.9 Å². The Morgan fingerprint density at radius 1 is 1.00 bits per heavy atom. The number of aliphatic imine (C=N–C) groups is 1. The Labute approximate surface area is 128 Å². The van der Waals surface area contributed by atoms with Gasteiger partial charge >= 0.3 is 6.03 Å². The van der Waals surface area contributed by atoms with E-state index in [1.165, 1.54) is 4.90 Å². The Bertz CT molecular complexity index is 700. The van der Waals surface area contributed by atoms with Crippen molar-refractivity contribution in [3.05, 3.63) is 71.8 Å². The van der Waals surface area contributed by atoms with Crippen LogP contribution in [-0.2, 0) is 5.72 Å². The molecule has 2 N–H and O–H groups in total. The fraction of sp³-hybridized carbons (Fsp3) is 0.176. The van der Waals surface area contributed by atoms with Gasteiger partial charge in [-0.25, -0.2) is 4.79 Å². The van der Waals surface area contributed by atoms with E-state index in [1.54, 1.807) is 36.4 Å². The molecule has 0 saturated carbocycles. The number of carbonyl (C=O) groups excluding carboxylic acids is 1. The second kappa shape index (κ2) is 5.71. The molecule has 1 aliphatic rings. The van der Waals surface area contributed by atoms with E-state index in [4.69, 9.17) is 0 Å². The molecule has 0 aliphatic carbocycles. The standard InChI is InChI=1S/C17H16N2O3/c20-12-11-19-16(21)18-15(13-7-3-1-4-8-13)17(19,22)14-9-5-2-6-10-14/h1-10,20,22H,11-12H2. The summed E-state index contributed by atoms with van der Waals surface area (Å²) >= 11 is 0. The number of benzene rings is 2. The molecule has 0 aromatic heterocycles. The number of hydrogen-bond acceptors (Lipinski definition) is 3. The van der Waals surface area contributed by atoms with Gasteiger partial charge in [0.05, 0.1) is 6.61 Å². The molecule has 0 saturated heterocycles. The summed E-state index contributed by atoms with van der Waals surface area (Å²) in [6.07, 6.45) is 0. The second-order valence-electron chi connectivity index (χ2n) is 5.02. The van der Waals surface area contributed by atoms with E-state index < -0.39 is 11.8 Å². The average molecular weight is 296 g/mol. The first-order valence-electron chi connectivity index (χ1n) is 7.03. The van der Waals surface area contributed by atoms with Crippen molar-refractivity contribution >= 4 is 11.7 Å². The number of aliphatic hydroxyl groups is 2. The van der Waals surface area contributed by atoms with E-state index in [1.807, 2.05) is 24.3 Å². The summed E-state index contributed by atoms with van der Waals surface area (Å²) in [4.78, 5) is 17.4. The van der Waals surface area contributed by atoms with Crippen LogP contribution in [0.15, 0.2) is 65.7 Å². The molecule has 1 atom stereocenters. The monoisotopic (exact) mass is 296 g/mol. The summed E-state index contributed by atoms with van der Waals surface area (Å²) in [6, 6.07) is 17.4. The van der Waals surface area contributed by atoms with E-state index in [0.29, 0.717) is 11.1 Å². The van der Waals surface area contributed by atoms with Crippen LogP contribution in [-0.4, -0.2) is 40.0 Å². The van der Waals surface area contributed by atoms with Crippen LogP contribution in [0, 0.1) is 0 Å². The lowest BCUT2D eigenvalue weighted by Crippen LogP contribution is -2.50. The Hall–Kier alpha value is -2.50. The molecule has 5 heteroatoms. The van der Waals surface area contributed by atoms with Crippen molar-refractivity contribution < 1.29 is 15.0 Å². The minimum absolute atomic E-state index is 0.00403.